The zero-order chi connectivity index (χ0) is 18.5. The maximum absolute atomic E-state index is 12.3. The summed E-state index contributed by atoms with van der Waals surface area (Å²) in [4.78, 5) is 30.5. The second-order valence-corrected chi connectivity index (χ2v) is 5.77. The minimum absolute atomic E-state index is 0.0693. The fourth-order valence-corrected chi connectivity index (χ4v) is 2.73. The summed E-state index contributed by atoms with van der Waals surface area (Å²) in [6.45, 7) is 2.44. The minimum Gasteiger partial charge on any atom is -0.481 e. The van der Waals surface area contributed by atoms with Crippen LogP contribution in [0.1, 0.15) is 0 Å². The van der Waals surface area contributed by atoms with Gasteiger partial charge in [-0.1, -0.05) is 0 Å². The fourth-order valence-electron chi connectivity index (χ4n) is 2.73. The number of rotatable bonds is 4. The quantitative estimate of drug-likeness (QED) is 0.666. The Morgan fingerprint density at radius 1 is 1.15 bits per heavy atom. The number of ether oxygens (including phenoxy) is 1. The number of carbonyl (C=O) groups is 1. The van der Waals surface area contributed by atoms with Crippen molar-refractivity contribution in [2.24, 2.45) is 0 Å². The van der Waals surface area contributed by atoms with Crippen LogP contribution in [-0.2, 0) is 0 Å². The van der Waals surface area contributed by atoms with Gasteiger partial charge in [0.25, 0.3) is 5.69 Å². The molecule has 0 spiro atoms. The van der Waals surface area contributed by atoms with Gasteiger partial charge in [-0.25, -0.2) is 9.78 Å². The lowest BCUT2D eigenvalue weighted by atomic mass is 10.2. The summed E-state index contributed by atoms with van der Waals surface area (Å²) < 4.78 is 4.99. The fraction of sp³-hybridized carbons (Fsp3) is 0.294. The van der Waals surface area contributed by atoms with Gasteiger partial charge in [0.2, 0.25) is 5.88 Å². The number of nitro groups is 1. The van der Waals surface area contributed by atoms with E-state index in [2.05, 4.69) is 15.2 Å². The first-order valence-electron chi connectivity index (χ1n) is 8.12. The highest BCUT2D eigenvalue weighted by Gasteiger charge is 2.21. The van der Waals surface area contributed by atoms with Gasteiger partial charge in [-0.2, -0.15) is 0 Å². The Balaban J connectivity index is 1.53. The number of nitrogens with zero attached hydrogens (tertiary/aromatic N) is 4. The highest BCUT2D eigenvalue weighted by Crippen LogP contribution is 2.21. The molecule has 9 heteroatoms. The van der Waals surface area contributed by atoms with Crippen molar-refractivity contribution in [1.29, 1.82) is 0 Å². The van der Waals surface area contributed by atoms with Gasteiger partial charge >= 0.3 is 6.03 Å². The number of benzene rings is 1. The standard InChI is InChI=1S/C17H19N5O4/c1-26-16-7-2-13(12-18-16)19-17(23)21-10-8-20(9-11-21)14-3-5-15(6-4-14)22(24)25/h2-7,12H,8-11H2,1H3,(H,19,23). The summed E-state index contributed by atoms with van der Waals surface area (Å²) >= 11 is 0. The van der Waals surface area contributed by atoms with E-state index in [1.165, 1.54) is 19.2 Å². The number of pyridine rings is 1. The second kappa shape index (κ2) is 7.68. The van der Waals surface area contributed by atoms with Crippen LogP contribution in [-0.4, -0.2) is 54.1 Å². The Morgan fingerprint density at radius 2 is 1.85 bits per heavy atom. The van der Waals surface area contributed by atoms with Crippen LogP contribution < -0.4 is 15.0 Å². The van der Waals surface area contributed by atoms with Crippen LogP contribution in [0.4, 0.5) is 21.9 Å². The number of methoxy groups -OCH3 is 1. The number of anilines is 2. The maximum atomic E-state index is 12.3. The molecule has 0 saturated carbocycles. The molecule has 26 heavy (non-hydrogen) atoms. The van der Waals surface area contributed by atoms with Crippen molar-refractivity contribution >= 4 is 23.1 Å². The van der Waals surface area contributed by atoms with E-state index in [4.69, 9.17) is 4.74 Å². The van der Waals surface area contributed by atoms with Gasteiger partial charge < -0.3 is 19.9 Å². The largest absolute Gasteiger partial charge is 0.481 e. The maximum Gasteiger partial charge on any atom is 0.322 e. The summed E-state index contributed by atoms with van der Waals surface area (Å²) in [6.07, 6.45) is 1.55. The molecule has 1 fully saturated rings. The summed E-state index contributed by atoms with van der Waals surface area (Å²) in [6, 6.07) is 9.68. The van der Waals surface area contributed by atoms with Crippen LogP contribution >= 0.6 is 0 Å². The van der Waals surface area contributed by atoms with Crippen molar-refractivity contribution in [3.63, 3.8) is 0 Å². The van der Waals surface area contributed by atoms with Gasteiger partial charge in [0, 0.05) is 50.1 Å². The van der Waals surface area contributed by atoms with Gasteiger partial charge in [0.1, 0.15) is 0 Å². The lowest BCUT2D eigenvalue weighted by Crippen LogP contribution is -2.50. The first kappa shape index (κ1) is 17.5. The van der Waals surface area contributed by atoms with E-state index in [-0.39, 0.29) is 11.7 Å². The van der Waals surface area contributed by atoms with Crippen LogP contribution in [0.5, 0.6) is 5.88 Å². The molecule has 0 unspecified atom stereocenters. The molecule has 1 saturated heterocycles. The van der Waals surface area contributed by atoms with E-state index in [9.17, 15) is 14.9 Å². The van der Waals surface area contributed by atoms with Gasteiger partial charge in [0.15, 0.2) is 0 Å². The molecule has 0 bridgehead atoms. The van der Waals surface area contributed by atoms with Crippen LogP contribution in [0.25, 0.3) is 0 Å². The third-order valence-corrected chi connectivity index (χ3v) is 4.19. The van der Waals surface area contributed by atoms with Gasteiger partial charge in [0.05, 0.1) is 23.9 Å². The summed E-state index contributed by atoms with van der Waals surface area (Å²) in [5.41, 5.74) is 1.59. The minimum atomic E-state index is -0.417. The Kier molecular flexibility index (Phi) is 5.16. The molecule has 0 radical (unpaired) electrons. The molecular formula is C17H19N5O4. The Labute approximate surface area is 150 Å². The average Bonchev–Trinajstić information content (AvgIpc) is 2.69. The topological polar surface area (TPSA) is 101 Å². The average molecular weight is 357 g/mol. The van der Waals surface area contributed by atoms with Crippen LogP contribution in [0.15, 0.2) is 42.6 Å². The molecule has 0 atom stereocenters. The highest BCUT2D eigenvalue weighted by molar-refractivity contribution is 5.89. The van der Waals surface area contributed by atoms with Crippen LogP contribution in [0.3, 0.4) is 0 Å². The van der Waals surface area contributed by atoms with Crippen molar-refractivity contribution in [3.8, 4) is 5.88 Å². The van der Waals surface area contributed by atoms with E-state index in [1.807, 2.05) is 0 Å². The summed E-state index contributed by atoms with van der Waals surface area (Å²) in [5.74, 6) is 0.486. The number of nitro benzene ring substituents is 1. The normalized spacial score (nSPS) is 14.0. The Hall–Kier alpha value is -3.36. The number of piperazine rings is 1. The molecule has 136 valence electrons. The van der Waals surface area contributed by atoms with Gasteiger partial charge in [-0.05, 0) is 18.2 Å². The number of amides is 2. The molecule has 1 N–H and O–H groups in total. The highest BCUT2D eigenvalue weighted by atomic mass is 16.6. The zero-order valence-electron chi connectivity index (χ0n) is 14.3. The third-order valence-electron chi connectivity index (χ3n) is 4.19. The number of aromatic nitrogens is 1. The molecular weight excluding hydrogens is 338 g/mol. The van der Waals surface area contributed by atoms with E-state index in [0.29, 0.717) is 37.7 Å². The molecule has 2 amide bonds. The van der Waals surface area contributed by atoms with Crippen molar-refractivity contribution in [3.05, 3.63) is 52.7 Å². The summed E-state index contributed by atoms with van der Waals surface area (Å²) in [5, 5.41) is 13.5. The van der Waals surface area contributed by atoms with Crippen molar-refractivity contribution in [2.75, 3.05) is 43.5 Å². The van der Waals surface area contributed by atoms with E-state index in [0.717, 1.165) is 5.69 Å². The van der Waals surface area contributed by atoms with Crippen molar-refractivity contribution < 1.29 is 14.5 Å². The van der Waals surface area contributed by atoms with E-state index in [1.54, 1.807) is 35.4 Å². The smallest absolute Gasteiger partial charge is 0.322 e. The third kappa shape index (κ3) is 4.00. The van der Waals surface area contributed by atoms with Crippen LogP contribution in [0.2, 0.25) is 0 Å². The number of nitrogens with one attached hydrogen (secondary N) is 1. The first-order chi connectivity index (χ1) is 12.6. The van der Waals surface area contributed by atoms with Gasteiger partial charge in [-0.3, -0.25) is 10.1 Å². The number of non-ortho nitro benzene ring substituents is 1. The van der Waals surface area contributed by atoms with Crippen molar-refractivity contribution in [1.82, 2.24) is 9.88 Å². The molecule has 2 aromatic rings. The van der Waals surface area contributed by atoms with Crippen molar-refractivity contribution in [2.45, 2.75) is 0 Å². The molecule has 0 aliphatic carbocycles. The molecule has 3 rings (SSSR count). The lowest BCUT2D eigenvalue weighted by Gasteiger charge is -2.36. The van der Waals surface area contributed by atoms with Gasteiger partial charge in [-0.15, -0.1) is 0 Å². The first-order valence-corrected chi connectivity index (χ1v) is 8.12. The number of hydrogen-bond acceptors (Lipinski definition) is 6. The van der Waals surface area contributed by atoms with E-state index < -0.39 is 4.92 Å². The SMILES string of the molecule is COc1ccc(NC(=O)N2CCN(c3ccc([N+](=O)[O-])cc3)CC2)cn1. The number of urea groups is 1. The second-order valence-electron chi connectivity index (χ2n) is 5.77. The van der Waals surface area contributed by atoms with E-state index >= 15 is 0 Å². The molecule has 1 aromatic carbocycles. The molecule has 1 aromatic heterocycles. The number of carbonyl (C=O) groups excluding carboxylic acids is 1. The lowest BCUT2D eigenvalue weighted by molar-refractivity contribution is -0.384. The Bertz CT molecular complexity index is 771. The summed E-state index contributed by atoms with van der Waals surface area (Å²) in [7, 11) is 1.53. The zero-order valence-corrected chi connectivity index (χ0v) is 14.3. The monoisotopic (exact) mass is 357 g/mol. The predicted octanol–water partition coefficient (Wildman–Crippen LogP) is 2.35. The molecule has 1 aliphatic rings. The number of hydrogen-bond donors (Lipinski definition) is 1. The van der Waals surface area contributed by atoms with Crippen LogP contribution in [0, 0.1) is 10.1 Å². The predicted molar refractivity (Wildman–Crippen MR) is 96.7 cm³/mol. The molecule has 2 heterocycles. The Morgan fingerprint density at radius 3 is 2.38 bits per heavy atom. The molecule has 1 aliphatic heterocycles. The molecule has 9 nitrogen and oxygen atoms in total.